The first kappa shape index (κ1) is 12.1. The van der Waals surface area contributed by atoms with E-state index in [1.54, 1.807) is 0 Å². The van der Waals surface area contributed by atoms with Crippen molar-refractivity contribution in [3.63, 3.8) is 0 Å². The van der Waals surface area contributed by atoms with Crippen LogP contribution < -0.4 is 0 Å². The van der Waals surface area contributed by atoms with Crippen molar-refractivity contribution in [3.8, 4) is 0 Å². The molecule has 2 radical (unpaired) electrons. The van der Waals surface area contributed by atoms with Crippen LogP contribution in [0.25, 0.3) is 0 Å². The Morgan fingerprint density at radius 2 is 1.64 bits per heavy atom. The lowest BCUT2D eigenvalue weighted by molar-refractivity contribution is 0.153. The molecule has 0 bridgehead atoms. The van der Waals surface area contributed by atoms with E-state index >= 15 is 0 Å². The third-order valence-electron chi connectivity index (χ3n) is 4.49. The van der Waals surface area contributed by atoms with E-state index in [9.17, 15) is 0 Å². The summed E-state index contributed by atoms with van der Waals surface area (Å²) < 4.78 is 4.87. The molecule has 0 heterocycles. The summed E-state index contributed by atoms with van der Waals surface area (Å²) in [5.74, 6) is 4.47. The second-order valence-electron chi connectivity index (χ2n) is 5.40. The van der Waals surface area contributed by atoms with Crippen LogP contribution in [0, 0.1) is 35.5 Å². The summed E-state index contributed by atoms with van der Waals surface area (Å²) in [6, 6.07) is 0. The summed E-state index contributed by atoms with van der Waals surface area (Å²) in [5, 5.41) is 0. The van der Waals surface area contributed by atoms with E-state index in [4.69, 9.17) is 12.7 Å². The molecule has 80 valence electrons. The van der Waals surface area contributed by atoms with E-state index in [1.165, 1.54) is 0 Å². The van der Waals surface area contributed by atoms with Crippen molar-refractivity contribution >= 4 is 8.05 Å². The predicted molar refractivity (Wildman–Crippen MR) is 61.0 cm³/mol. The lowest BCUT2D eigenvalue weighted by Gasteiger charge is -2.27. The van der Waals surface area contributed by atoms with E-state index in [0.717, 1.165) is 36.2 Å². The molecule has 1 fully saturated rings. The summed E-state index contributed by atoms with van der Waals surface area (Å²) in [6.45, 7) is 12.4. The van der Waals surface area contributed by atoms with Crippen LogP contribution in [0.5, 0.6) is 0 Å². The van der Waals surface area contributed by atoms with Gasteiger partial charge < -0.3 is 4.65 Å². The molecule has 0 amide bonds. The van der Waals surface area contributed by atoms with Gasteiger partial charge in [-0.05, 0) is 35.5 Å². The lowest BCUT2D eigenvalue weighted by Crippen LogP contribution is -2.25. The van der Waals surface area contributed by atoms with Gasteiger partial charge in [0.1, 0.15) is 0 Å². The van der Waals surface area contributed by atoms with Crippen LogP contribution >= 0.6 is 0 Å². The van der Waals surface area contributed by atoms with Gasteiger partial charge in [0.05, 0.1) is 0 Å². The van der Waals surface area contributed by atoms with Crippen LogP contribution in [-0.4, -0.2) is 14.7 Å². The van der Waals surface area contributed by atoms with Crippen LogP contribution in [0.3, 0.4) is 0 Å². The topological polar surface area (TPSA) is 9.23 Å². The maximum absolute atomic E-state index is 5.22. The summed E-state index contributed by atoms with van der Waals surface area (Å²) in [5.41, 5.74) is 0. The molecule has 0 N–H and O–H groups in total. The molecular formula is C12H23BO. The Labute approximate surface area is 90.0 Å². The zero-order valence-electron chi connectivity index (χ0n) is 10.2. The fraction of sp³-hybridized carbons (Fsp3) is 1.00. The first-order valence-corrected chi connectivity index (χ1v) is 5.82. The van der Waals surface area contributed by atoms with Gasteiger partial charge in [0.2, 0.25) is 0 Å². The van der Waals surface area contributed by atoms with Gasteiger partial charge in [0, 0.05) is 6.61 Å². The molecule has 1 aliphatic carbocycles. The Morgan fingerprint density at radius 3 is 2.07 bits per heavy atom. The normalized spacial score (nSPS) is 43.4. The average Bonchev–Trinajstić information content (AvgIpc) is 2.32. The van der Waals surface area contributed by atoms with Gasteiger partial charge in [0.25, 0.3) is 8.05 Å². The molecule has 1 aliphatic rings. The molecular weight excluding hydrogens is 171 g/mol. The summed E-state index contributed by atoms with van der Waals surface area (Å²) in [7, 11) is 5.22. The van der Waals surface area contributed by atoms with Crippen molar-refractivity contribution in [3.05, 3.63) is 0 Å². The van der Waals surface area contributed by atoms with E-state index < -0.39 is 0 Å². The Morgan fingerprint density at radius 1 is 1.07 bits per heavy atom. The highest BCUT2D eigenvalue weighted by atomic mass is 16.4. The molecule has 0 aromatic rings. The van der Waals surface area contributed by atoms with Crippen molar-refractivity contribution in [1.82, 2.24) is 0 Å². The van der Waals surface area contributed by atoms with Gasteiger partial charge in [-0.2, -0.15) is 0 Å². The second-order valence-corrected chi connectivity index (χ2v) is 5.40. The summed E-state index contributed by atoms with van der Waals surface area (Å²) >= 11 is 0. The number of rotatable bonds is 3. The lowest BCUT2D eigenvalue weighted by atomic mass is 9.80. The quantitative estimate of drug-likeness (QED) is 0.627. The minimum absolute atomic E-state index is 0.644. The van der Waals surface area contributed by atoms with Gasteiger partial charge in [-0.15, -0.1) is 0 Å². The third-order valence-corrected chi connectivity index (χ3v) is 4.49. The van der Waals surface area contributed by atoms with Crippen molar-refractivity contribution in [2.24, 2.45) is 35.5 Å². The average molecular weight is 194 g/mol. The van der Waals surface area contributed by atoms with Gasteiger partial charge in [0.15, 0.2) is 0 Å². The zero-order chi connectivity index (χ0) is 10.9. The molecule has 1 saturated carbocycles. The van der Waals surface area contributed by atoms with Crippen LogP contribution in [-0.2, 0) is 4.65 Å². The number of hydrogen-bond donors (Lipinski definition) is 0. The largest absolute Gasteiger partial charge is 0.447 e. The van der Waals surface area contributed by atoms with E-state index in [2.05, 4.69) is 34.6 Å². The highest BCUT2D eigenvalue weighted by Gasteiger charge is 2.44. The molecule has 5 unspecified atom stereocenters. The fourth-order valence-electron chi connectivity index (χ4n) is 3.44. The number of hydrogen-bond acceptors (Lipinski definition) is 1. The molecule has 0 aromatic heterocycles. The first-order chi connectivity index (χ1) is 6.50. The van der Waals surface area contributed by atoms with Crippen LogP contribution in [0.1, 0.15) is 34.6 Å². The van der Waals surface area contributed by atoms with Crippen molar-refractivity contribution in [2.45, 2.75) is 34.6 Å². The molecule has 0 saturated heterocycles. The molecule has 2 heteroatoms. The Balaban J connectivity index is 2.78. The molecule has 1 nitrogen and oxygen atoms in total. The van der Waals surface area contributed by atoms with Gasteiger partial charge in [-0.25, -0.2) is 0 Å². The van der Waals surface area contributed by atoms with Crippen molar-refractivity contribution < 1.29 is 4.65 Å². The fourth-order valence-corrected chi connectivity index (χ4v) is 3.44. The molecule has 0 spiro atoms. The smallest absolute Gasteiger partial charge is 0.282 e. The van der Waals surface area contributed by atoms with Crippen LogP contribution in [0.4, 0.5) is 0 Å². The van der Waals surface area contributed by atoms with Crippen LogP contribution in [0.15, 0.2) is 0 Å². The van der Waals surface area contributed by atoms with Crippen LogP contribution in [0.2, 0.25) is 0 Å². The maximum Gasteiger partial charge on any atom is 0.282 e. The van der Waals surface area contributed by atoms with Crippen molar-refractivity contribution in [1.29, 1.82) is 0 Å². The molecule has 0 aliphatic heterocycles. The van der Waals surface area contributed by atoms with E-state index in [-0.39, 0.29) is 0 Å². The summed E-state index contributed by atoms with van der Waals surface area (Å²) in [6.07, 6.45) is 0. The first-order valence-electron chi connectivity index (χ1n) is 5.82. The highest BCUT2D eigenvalue weighted by molar-refractivity contribution is 5.97. The molecule has 0 aromatic carbocycles. The predicted octanol–water partition coefficient (Wildman–Crippen LogP) is 2.90. The maximum atomic E-state index is 5.22. The monoisotopic (exact) mass is 194 g/mol. The Hall–Kier alpha value is 0.0249. The standard InChI is InChI=1S/C12H23BO/c1-7(2)12-10(5)8(3)9(4)11(12)6-14-13/h7-12H,6H2,1-5H3. The minimum Gasteiger partial charge on any atom is -0.447 e. The van der Waals surface area contributed by atoms with Gasteiger partial charge in [-0.3, -0.25) is 0 Å². The highest BCUT2D eigenvalue weighted by Crippen LogP contribution is 2.48. The Kier molecular flexibility index (Phi) is 4.06. The SMILES string of the molecule is [B]OCC1C(C)C(C)C(C)C1C(C)C. The Bertz CT molecular complexity index is 181. The minimum atomic E-state index is 0.644. The zero-order valence-corrected chi connectivity index (χ0v) is 10.2. The second kappa shape index (κ2) is 4.70. The van der Waals surface area contributed by atoms with Crippen molar-refractivity contribution in [2.75, 3.05) is 6.61 Å². The van der Waals surface area contributed by atoms with E-state index in [0.29, 0.717) is 5.92 Å². The van der Waals surface area contributed by atoms with Gasteiger partial charge >= 0.3 is 0 Å². The molecule has 5 atom stereocenters. The van der Waals surface area contributed by atoms with Gasteiger partial charge in [-0.1, -0.05) is 34.6 Å². The molecule has 1 rings (SSSR count). The van der Waals surface area contributed by atoms with E-state index in [1.807, 2.05) is 0 Å². The third kappa shape index (κ3) is 2.00. The summed E-state index contributed by atoms with van der Waals surface area (Å²) in [4.78, 5) is 0. The molecule has 14 heavy (non-hydrogen) atoms.